The molecule has 0 amide bonds. The molecule has 0 saturated heterocycles. The normalized spacial score (nSPS) is 13.2. The van der Waals surface area contributed by atoms with Gasteiger partial charge < -0.3 is 9.64 Å². The zero-order valence-corrected chi connectivity index (χ0v) is 30.8. The first-order chi connectivity index (χ1) is 27.0. The molecule has 0 aromatic heterocycles. The number of hydrogen-bond acceptors (Lipinski definition) is 2. The largest absolute Gasteiger partial charge is 0.456 e. The Labute approximate surface area is 321 Å². The van der Waals surface area contributed by atoms with Gasteiger partial charge in [-0.25, -0.2) is 0 Å². The van der Waals surface area contributed by atoms with Crippen molar-refractivity contribution in [2.24, 2.45) is 0 Å². The number of rotatable bonds is 4. The van der Waals surface area contributed by atoms with Crippen LogP contribution >= 0.6 is 0 Å². The predicted octanol–water partition coefficient (Wildman–Crippen LogP) is 14.9. The number of benzene rings is 9. The van der Waals surface area contributed by atoms with Crippen LogP contribution in [0.1, 0.15) is 25.0 Å². The maximum atomic E-state index is 7.17. The Morgan fingerprint density at radius 2 is 1.05 bits per heavy atom. The van der Waals surface area contributed by atoms with Crippen LogP contribution in [0.5, 0.6) is 11.5 Å². The highest BCUT2D eigenvalue weighted by molar-refractivity contribution is 6.05. The van der Waals surface area contributed by atoms with Crippen molar-refractivity contribution in [2.45, 2.75) is 19.3 Å². The lowest BCUT2D eigenvalue weighted by molar-refractivity contribution is 0.488. The summed E-state index contributed by atoms with van der Waals surface area (Å²) >= 11 is 0. The highest BCUT2D eigenvalue weighted by Crippen LogP contribution is 2.55. The van der Waals surface area contributed by atoms with Gasteiger partial charge >= 0.3 is 0 Å². The predicted molar refractivity (Wildman–Crippen MR) is 230 cm³/mol. The SMILES string of the molecule is CC1(C)c2ccccc2-c2ccc(N(c3ccccc3)c3cccc4c3-c3cc5ccccc5cc3-c3ccc(-c5cccc6ccccc56)cc3O4)cc21. The summed E-state index contributed by atoms with van der Waals surface area (Å²) in [5, 5.41) is 4.85. The Hall–Kier alpha value is -6.90. The zero-order chi connectivity index (χ0) is 36.7. The van der Waals surface area contributed by atoms with E-state index in [1.807, 2.05) is 0 Å². The molecular weight excluding hydrogens is 667 g/mol. The second-order valence-electron chi connectivity index (χ2n) is 15.3. The quantitative estimate of drug-likeness (QED) is 0.181. The molecule has 0 N–H and O–H groups in total. The first-order valence-corrected chi connectivity index (χ1v) is 19.1. The smallest absolute Gasteiger partial charge is 0.137 e. The summed E-state index contributed by atoms with van der Waals surface area (Å²) in [5.74, 6) is 1.68. The van der Waals surface area contributed by atoms with Crippen LogP contribution in [0.4, 0.5) is 17.1 Å². The van der Waals surface area contributed by atoms with Crippen molar-refractivity contribution in [1.82, 2.24) is 0 Å². The molecule has 0 atom stereocenters. The number of ether oxygens (including phenoxy) is 1. The Balaban J connectivity index is 1.16. The monoisotopic (exact) mass is 703 g/mol. The topological polar surface area (TPSA) is 12.5 Å². The molecule has 1 aliphatic heterocycles. The fourth-order valence-corrected chi connectivity index (χ4v) is 9.16. The summed E-state index contributed by atoms with van der Waals surface area (Å²) in [5.41, 5.74) is 15.3. The van der Waals surface area contributed by atoms with Gasteiger partial charge in [-0.15, -0.1) is 0 Å². The maximum absolute atomic E-state index is 7.17. The Bertz CT molecular complexity index is 2990. The van der Waals surface area contributed by atoms with Crippen molar-refractivity contribution in [1.29, 1.82) is 0 Å². The summed E-state index contributed by atoms with van der Waals surface area (Å²) in [7, 11) is 0. The van der Waals surface area contributed by atoms with Gasteiger partial charge in [-0.2, -0.15) is 0 Å². The molecular formula is C53H37NO. The summed E-state index contributed by atoms with van der Waals surface area (Å²) in [6.07, 6.45) is 0. The van der Waals surface area contributed by atoms with Crippen molar-refractivity contribution in [3.8, 4) is 56.0 Å². The molecule has 2 aliphatic rings. The molecule has 1 aliphatic carbocycles. The average Bonchev–Trinajstić information content (AvgIpc) is 3.36. The molecule has 11 rings (SSSR count). The van der Waals surface area contributed by atoms with Crippen molar-refractivity contribution in [2.75, 3.05) is 4.90 Å². The van der Waals surface area contributed by atoms with Crippen LogP contribution in [-0.4, -0.2) is 0 Å². The molecule has 9 aromatic rings. The number of anilines is 3. The first-order valence-electron chi connectivity index (χ1n) is 19.1. The van der Waals surface area contributed by atoms with Crippen molar-refractivity contribution in [3.05, 3.63) is 199 Å². The van der Waals surface area contributed by atoms with Gasteiger partial charge in [0.05, 0.1) is 5.69 Å². The van der Waals surface area contributed by atoms with Crippen molar-refractivity contribution in [3.63, 3.8) is 0 Å². The van der Waals surface area contributed by atoms with E-state index in [9.17, 15) is 0 Å². The molecule has 0 radical (unpaired) electrons. The average molecular weight is 704 g/mol. The lowest BCUT2D eigenvalue weighted by Gasteiger charge is -2.30. The van der Waals surface area contributed by atoms with E-state index in [2.05, 4.69) is 207 Å². The second-order valence-corrected chi connectivity index (χ2v) is 15.3. The van der Waals surface area contributed by atoms with E-state index in [1.165, 1.54) is 49.4 Å². The van der Waals surface area contributed by atoms with Crippen LogP contribution in [-0.2, 0) is 5.41 Å². The zero-order valence-electron chi connectivity index (χ0n) is 30.8. The van der Waals surface area contributed by atoms with Gasteiger partial charge in [0.1, 0.15) is 11.5 Å². The highest BCUT2D eigenvalue weighted by atomic mass is 16.5. The summed E-state index contributed by atoms with van der Waals surface area (Å²) in [6.45, 7) is 4.70. The number of para-hydroxylation sites is 1. The molecule has 0 bridgehead atoms. The van der Waals surface area contributed by atoms with E-state index in [0.717, 1.165) is 56.4 Å². The fraction of sp³-hybridized carbons (Fsp3) is 0.0566. The van der Waals surface area contributed by atoms with E-state index in [1.54, 1.807) is 0 Å². The van der Waals surface area contributed by atoms with Crippen LogP contribution in [0.15, 0.2) is 188 Å². The van der Waals surface area contributed by atoms with Crippen LogP contribution < -0.4 is 9.64 Å². The summed E-state index contributed by atoms with van der Waals surface area (Å²) in [4.78, 5) is 2.41. The van der Waals surface area contributed by atoms with Gasteiger partial charge in [0.25, 0.3) is 0 Å². The van der Waals surface area contributed by atoms with E-state index in [4.69, 9.17) is 4.74 Å². The number of fused-ring (bicyclic) bond motifs is 10. The lowest BCUT2D eigenvalue weighted by Crippen LogP contribution is -2.17. The minimum absolute atomic E-state index is 0.129. The van der Waals surface area contributed by atoms with Crippen molar-refractivity contribution < 1.29 is 4.74 Å². The Kier molecular flexibility index (Phi) is 6.93. The molecule has 1 heterocycles. The summed E-state index contributed by atoms with van der Waals surface area (Å²) in [6, 6.07) is 68.4. The van der Waals surface area contributed by atoms with Crippen molar-refractivity contribution >= 4 is 38.6 Å². The van der Waals surface area contributed by atoms with Gasteiger partial charge in [-0.1, -0.05) is 141 Å². The van der Waals surface area contributed by atoms with E-state index in [0.29, 0.717) is 0 Å². The maximum Gasteiger partial charge on any atom is 0.137 e. The third-order valence-corrected chi connectivity index (χ3v) is 11.8. The third-order valence-electron chi connectivity index (χ3n) is 11.8. The van der Waals surface area contributed by atoms with E-state index in [-0.39, 0.29) is 5.41 Å². The number of nitrogens with zero attached hydrogens (tertiary/aromatic N) is 1. The fourth-order valence-electron chi connectivity index (χ4n) is 9.16. The Morgan fingerprint density at radius 1 is 0.400 bits per heavy atom. The highest BCUT2D eigenvalue weighted by Gasteiger charge is 2.36. The molecule has 55 heavy (non-hydrogen) atoms. The van der Waals surface area contributed by atoms with Gasteiger partial charge in [-0.05, 0) is 127 Å². The molecule has 2 nitrogen and oxygen atoms in total. The molecule has 9 aromatic carbocycles. The first kappa shape index (κ1) is 31.6. The lowest BCUT2D eigenvalue weighted by atomic mass is 9.82. The molecule has 2 heteroatoms. The summed E-state index contributed by atoms with van der Waals surface area (Å²) < 4.78 is 7.17. The Morgan fingerprint density at radius 3 is 1.91 bits per heavy atom. The molecule has 260 valence electrons. The van der Waals surface area contributed by atoms with Crippen LogP contribution in [0.25, 0.3) is 66.1 Å². The molecule has 0 unspecified atom stereocenters. The van der Waals surface area contributed by atoms with E-state index < -0.39 is 0 Å². The minimum atomic E-state index is -0.129. The van der Waals surface area contributed by atoms with Crippen LogP contribution in [0.2, 0.25) is 0 Å². The standard InChI is InChI=1S/C53H37NO/c1-53(2)47-23-11-10-21-42(47)43-29-27-39(33-48(43)53)54(38-18-4-3-5-19-38)49-24-13-25-50-52(49)46-31-36-16-7-6-15-35(36)30-45(46)44-28-26-37(32-51(44)55-50)41-22-12-17-34-14-8-9-20-40(34)41/h3-33H,1-2H3. The van der Waals surface area contributed by atoms with Gasteiger partial charge in [-0.3, -0.25) is 0 Å². The van der Waals surface area contributed by atoms with Crippen LogP contribution in [0.3, 0.4) is 0 Å². The van der Waals surface area contributed by atoms with Gasteiger partial charge in [0.2, 0.25) is 0 Å². The van der Waals surface area contributed by atoms with E-state index >= 15 is 0 Å². The second kappa shape index (κ2) is 12.1. The third kappa shape index (κ3) is 4.88. The number of hydrogen-bond donors (Lipinski definition) is 0. The molecule has 0 spiro atoms. The minimum Gasteiger partial charge on any atom is -0.456 e. The van der Waals surface area contributed by atoms with Crippen LogP contribution in [0, 0.1) is 0 Å². The van der Waals surface area contributed by atoms with Gasteiger partial charge in [0.15, 0.2) is 0 Å². The van der Waals surface area contributed by atoms with Gasteiger partial charge in [0, 0.05) is 27.9 Å². The molecule has 0 saturated carbocycles. The molecule has 0 fully saturated rings.